The zero-order chi connectivity index (χ0) is 46.8. The number of hydrogen-bond acceptors (Lipinski definition) is 14. The lowest BCUT2D eigenvalue weighted by molar-refractivity contribution is -0.141. The molecule has 0 spiro atoms. The number of rotatable bonds is 13. The Kier molecular flexibility index (Phi) is 14.7. The molecule has 0 radical (unpaired) electrons. The summed E-state index contributed by atoms with van der Waals surface area (Å²) in [7, 11) is 3.32. The minimum Gasteiger partial charge on any atom is -0.343 e. The Hall–Kier alpha value is -5.00. The minimum atomic E-state index is -0.863. The molecule has 4 aliphatic heterocycles. The SMILES string of the molecule is CN[C@@H](C)C(=O)N[C@H]1CCC[C@H]2SC[C@@H](C(=O)Nc3sc(-c4nc(-c5ccc(F)cc5)c(NC(=O)[C@@H]5CS[C@@H]6CCC[C@H](NC(=O)[C@H](C)NC)C(=O)N65)s4)nc3-c3ccc(F)cc3)N2C1=O. The summed E-state index contributed by atoms with van der Waals surface area (Å²) in [6.45, 7) is 3.40. The molecule has 6 N–H and O–H groups in total. The van der Waals surface area contributed by atoms with E-state index in [4.69, 9.17) is 9.97 Å². The Morgan fingerprint density at radius 1 is 0.621 bits per heavy atom. The average Bonchev–Trinajstić information content (AvgIpc) is 4.10. The number of benzene rings is 2. The highest BCUT2D eigenvalue weighted by Gasteiger charge is 2.47. The molecular formula is C44H50F2N10O6S4. The quantitative estimate of drug-likeness (QED) is 0.106. The van der Waals surface area contributed by atoms with Crippen molar-refractivity contribution in [2.45, 2.75) is 99.4 Å². The van der Waals surface area contributed by atoms with Crippen molar-refractivity contribution in [3.05, 3.63) is 60.2 Å². The zero-order valence-electron chi connectivity index (χ0n) is 36.5. The number of hydrogen-bond donors (Lipinski definition) is 6. The number of likely N-dealkylation sites (N-methyl/N-ethyl adjacent to an activating group) is 2. The molecule has 0 bridgehead atoms. The van der Waals surface area contributed by atoms with Crippen LogP contribution in [-0.4, -0.2) is 128 Å². The van der Waals surface area contributed by atoms with Gasteiger partial charge in [-0.3, -0.25) is 28.8 Å². The second kappa shape index (κ2) is 20.5. The van der Waals surface area contributed by atoms with Crippen LogP contribution in [0.25, 0.3) is 32.5 Å². The lowest BCUT2D eigenvalue weighted by Crippen LogP contribution is -2.55. The van der Waals surface area contributed by atoms with Crippen LogP contribution in [0.5, 0.6) is 0 Å². The summed E-state index contributed by atoms with van der Waals surface area (Å²) in [5, 5.41) is 18.3. The number of halogens is 2. The Morgan fingerprint density at radius 3 is 1.36 bits per heavy atom. The van der Waals surface area contributed by atoms with E-state index in [1.165, 1.54) is 72.1 Å². The summed E-state index contributed by atoms with van der Waals surface area (Å²) in [5.41, 5.74) is 1.63. The highest BCUT2D eigenvalue weighted by molar-refractivity contribution is 8.00. The predicted molar refractivity (Wildman–Crippen MR) is 254 cm³/mol. The second-order valence-electron chi connectivity index (χ2n) is 16.5. The summed E-state index contributed by atoms with van der Waals surface area (Å²) >= 11 is 5.24. The molecule has 8 atom stereocenters. The van der Waals surface area contributed by atoms with Crippen molar-refractivity contribution in [3.63, 3.8) is 0 Å². The largest absolute Gasteiger partial charge is 0.343 e. The number of amides is 6. The molecule has 2 aromatic heterocycles. The van der Waals surface area contributed by atoms with Crippen molar-refractivity contribution in [3.8, 4) is 32.5 Å². The Balaban J connectivity index is 1.09. The summed E-state index contributed by atoms with van der Waals surface area (Å²) < 4.78 is 28.4. The number of nitrogens with one attached hydrogen (secondary N) is 6. The monoisotopic (exact) mass is 980 g/mol. The van der Waals surface area contributed by atoms with E-state index in [1.807, 2.05) is 0 Å². The number of carbonyl (C=O) groups is 6. The van der Waals surface area contributed by atoms with Crippen molar-refractivity contribution in [1.29, 1.82) is 0 Å². The van der Waals surface area contributed by atoms with Crippen LogP contribution in [0.3, 0.4) is 0 Å². The van der Waals surface area contributed by atoms with Gasteiger partial charge in [-0.2, -0.15) is 0 Å². The van der Waals surface area contributed by atoms with Crippen molar-refractivity contribution in [2.75, 3.05) is 36.2 Å². The van der Waals surface area contributed by atoms with Gasteiger partial charge in [0.2, 0.25) is 35.4 Å². The molecule has 350 valence electrons. The van der Waals surface area contributed by atoms with Crippen LogP contribution in [0, 0.1) is 11.6 Å². The summed E-state index contributed by atoms with van der Waals surface area (Å²) in [4.78, 5) is 95.3. The smallest absolute Gasteiger partial charge is 0.248 e. The standard InChI is InChI=1S/C44H50F2N10O6S4/c1-21(47-3)35(57)49-27-7-5-9-31-55(43(27)61)29(19-63-31)37(59)53-39-33(23-11-15-25(45)16-12-23)51-41(65-39)42-52-34(24-13-17-26(46)18-14-24)40(66-42)54-38(60)30-20-64-32-10-6-8-28(44(62)56(30)32)50-36(58)22(2)48-4/h11-18,21-22,27-32,47-48H,5-10,19-20H2,1-4H3,(H,49,57)(H,50,58)(H,53,59)(H,54,60)/t21-,22-,27-,28-,29-,30-,31+,32+/m0/s1. The fourth-order valence-corrected chi connectivity index (χ4v) is 13.2. The van der Waals surface area contributed by atoms with Crippen molar-refractivity contribution in [1.82, 2.24) is 41.0 Å². The first-order chi connectivity index (χ1) is 31.7. The molecule has 0 unspecified atom stereocenters. The van der Waals surface area contributed by atoms with Crippen LogP contribution in [0.4, 0.5) is 18.8 Å². The van der Waals surface area contributed by atoms with Gasteiger partial charge in [-0.05, 0) is 115 Å². The van der Waals surface area contributed by atoms with E-state index in [-0.39, 0.29) is 34.4 Å². The first-order valence-corrected chi connectivity index (χ1v) is 25.5. The Labute approximate surface area is 396 Å². The second-order valence-corrected chi connectivity index (χ2v) is 20.9. The predicted octanol–water partition coefficient (Wildman–Crippen LogP) is 4.85. The van der Waals surface area contributed by atoms with Gasteiger partial charge in [-0.25, -0.2) is 18.7 Å². The van der Waals surface area contributed by atoms with Gasteiger partial charge >= 0.3 is 0 Å². The van der Waals surface area contributed by atoms with E-state index in [2.05, 4.69) is 31.9 Å². The number of fused-ring (bicyclic) bond motifs is 2. The topological polar surface area (TPSA) is 207 Å². The van der Waals surface area contributed by atoms with Crippen LogP contribution in [0.15, 0.2) is 48.5 Å². The third-order valence-electron chi connectivity index (χ3n) is 12.2. The average molecular weight is 981 g/mol. The van der Waals surface area contributed by atoms with Crippen LogP contribution in [0.2, 0.25) is 0 Å². The van der Waals surface area contributed by atoms with E-state index in [1.54, 1.807) is 37.7 Å². The molecule has 66 heavy (non-hydrogen) atoms. The highest BCUT2D eigenvalue weighted by Crippen LogP contribution is 2.45. The Bertz CT molecular complexity index is 2320. The van der Waals surface area contributed by atoms with E-state index < -0.39 is 59.7 Å². The highest BCUT2D eigenvalue weighted by atomic mass is 32.2. The zero-order valence-corrected chi connectivity index (χ0v) is 39.8. The third kappa shape index (κ3) is 9.98. The summed E-state index contributed by atoms with van der Waals surface area (Å²) in [6, 6.07) is 6.92. The molecule has 0 saturated carbocycles. The van der Waals surface area contributed by atoms with Gasteiger partial charge in [0.25, 0.3) is 0 Å². The molecule has 16 nitrogen and oxygen atoms in total. The van der Waals surface area contributed by atoms with Crippen LogP contribution in [0.1, 0.15) is 52.4 Å². The number of thioether (sulfide) groups is 2. The number of carbonyl (C=O) groups excluding carboxylic acids is 6. The lowest BCUT2D eigenvalue weighted by Gasteiger charge is -2.30. The first kappa shape index (κ1) is 47.5. The Morgan fingerprint density at radius 2 is 1.00 bits per heavy atom. The summed E-state index contributed by atoms with van der Waals surface area (Å²) in [6.07, 6.45) is 3.57. The van der Waals surface area contributed by atoms with Gasteiger partial charge in [-0.1, -0.05) is 22.7 Å². The molecule has 4 saturated heterocycles. The minimum absolute atomic E-state index is 0.250. The molecule has 4 aliphatic rings. The molecule has 4 aromatic rings. The van der Waals surface area contributed by atoms with Crippen molar-refractivity contribution < 1.29 is 37.5 Å². The molecule has 6 amide bonds. The third-order valence-corrected chi connectivity index (χ3v) is 17.0. The summed E-state index contributed by atoms with van der Waals surface area (Å²) in [5.74, 6) is -2.48. The van der Waals surface area contributed by atoms with E-state index in [0.29, 0.717) is 92.6 Å². The first-order valence-electron chi connectivity index (χ1n) is 21.7. The maximum Gasteiger partial charge on any atom is 0.248 e. The van der Waals surface area contributed by atoms with Gasteiger partial charge in [0.1, 0.15) is 57.2 Å². The van der Waals surface area contributed by atoms with E-state index >= 15 is 0 Å². The molecular weight excluding hydrogens is 931 g/mol. The van der Waals surface area contributed by atoms with Crippen LogP contribution < -0.4 is 31.9 Å². The van der Waals surface area contributed by atoms with Gasteiger partial charge < -0.3 is 41.7 Å². The van der Waals surface area contributed by atoms with E-state index in [0.717, 1.165) is 22.7 Å². The number of nitrogens with zero attached hydrogens (tertiary/aromatic N) is 4. The molecule has 6 heterocycles. The van der Waals surface area contributed by atoms with Gasteiger partial charge in [0, 0.05) is 22.6 Å². The fraction of sp³-hybridized carbons (Fsp3) is 0.455. The maximum absolute atomic E-state index is 14.3. The lowest BCUT2D eigenvalue weighted by atomic mass is 10.1. The number of thiazole rings is 2. The molecule has 8 rings (SSSR count). The van der Waals surface area contributed by atoms with Gasteiger partial charge in [0.05, 0.1) is 22.8 Å². The number of anilines is 2. The van der Waals surface area contributed by atoms with Gasteiger partial charge in [-0.15, -0.1) is 23.5 Å². The van der Waals surface area contributed by atoms with Gasteiger partial charge in [0.15, 0.2) is 10.0 Å². The molecule has 22 heteroatoms. The maximum atomic E-state index is 14.3. The van der Waals surface area contributed by atoms with E-state index in [9.17, 15) is 37.5 Å². The normalized spacial score (nSPS) is 23.8. The fourth-order valence-electron chi connectivity index (χ4n) is 8.28. The molecule has 0 aliphatic carbocycles. The van der Waals surface area contributed by atoms with Crippen LogP contribution in [-0.2, 0) is 28.8 Å². The van der Waals surface area contributed by atoms with Crippen LogP contribution >= 0.6 is 46.2 Å². The van der Waals surface area contributed by atoms with Crippen molar-refractivity contribution in [2.24, 2.45) is 0 Å². The molecule has 4 fully saturated rings. The number of aromatic nitrogens is 2. The van der Waals surface area contributed by atoms with Crippen molar-refractivity contribution >= 4 is 91.6 Å². The molecule has 2 aromatic carbocycles.